The molecule has 3 aromatic rings. The summed E-state index contributed by atoms with van der Waals surface area (Å²) in [6.07, 6.45) is 0.396. The molecular weight excluding hydrogens is 384 g/mol. The third-order valence-corrected chi connectivity index (χ3v) is 6.25. The van der Waals surface area contributed by atoms with Crippen molar-refractivity contribution in [1.29, 1.82) is 0 Å². The topological polar surface area (TPSA) is 75.2 Å². The summed E-state index contributed by atoms with van der Waals surface area (Å²) in [6, 6.07) is 13.5. The summed E-state index contributed by atoms with van der Waals surface area (Å²) >= 11 is 1.33. The normalized spacial score (nSPS) is 16.3. The molecule has 0 bridgehead atoms. The highest BCUT2D eigenvalue weighted by Gasteiger charge is 2.34. The van der Waals surface area contributed by atoms with Crippen molar-refractivity contribution in [3.05, 3.63) is 69.7 Å². The minimum atomic E-state index is -0.209. The third kappa shape index (κ3) is 4.05. The van der Waals surface area contributed by atoms with Crippen molar-refractivity contribution < 1.29 is 9.59 Å². The Morgan fingerprint density at radius 2 is 1.83 bits per heavy atom. The number of carbonyl (C=O) groups excluding carboxylic acids is 2. The van der Waals surface area contributed by atoms with Crippen molar-refractivity contribution in [2.45, 2.75) is 33.1 Å². The average Bonchev–Trinajstić information content (AvgIpc) is 3.31. The van der Waals surface area contributed by atoms with E-state index < -0.39 is 0 Å². The van der Waals surface area contributed by atoms with Crippen molar-refractivity contribution in [2.24, 2.45) is 0 Å². The Balaban J connectivity index is 1.45. The molecule has 1 N–H and O–H groups in total. The maximum Gasteiger partial charge on any atom is 0.257 e. The van der Waals surface area contributed by atoms with E-state index in [9.17, 15) is 9.59 Å². The van der Waals surface area contributed by atoms with Crippen molar-refractivity contribution in [3.63, 3.8) is 0 Å². The van der Waals surface area contributed by atoms with Crippen molar-refractivity contribution in [1.82, 2.24) is 10.2 Å². The standard InChI is InChI=1S/C22H22N4O2S/c1-13-4-8-18(9-5-13)26-12-17(11-19(26)27)21-24-25-22(29-21)23-20(28)16-7-6-14(2)15(3)10-16/h4-10,17H,11-12H2,1-3H3,(H,23,25,28). The molecule has 1 aromatic heterocycles. The first-order valence-electron chi connectivity index (χ1n) is 9.50. The van der Waals surface area contributed by atoms with Crippen LogP contribution in [0.4, 0.5) is 10.8 Å². The molecule has 1 atom stereocenters. The van der Waals surface area contributed by atoms with E-state index in [1.807, 2.05) is 57.2 Å². The van der Waals surface area contributed by atoms with Gasteiger partial charge in [0.2, 0.25) is 11.0 Å². The summed E-state index contributed by atoms with van der Waals surface area (Å²) in [5.74, 6) is -0.150. The molecule has 1 saturated heterocycles. The lowest BCUT2D eigenvalue weighted by Crippen LogP contribution is -2.24. The van der Waals surface area contributed by atoms with Gasteiger partial charge in [0, 0.05) is 30.1 Å². The molecule has 1 aliphatic rings. The Morgan fingerprint density at radius 1 is 1.07 bits per heavy atom. The summed E-state index contributed by atoms with van der Waals surface area (Å²) in [5.41, 5.74) is 4.85. The van der Waals surface area contributed by atoms with Crippen LogP contribution >= 0.6 is 11.3 Å². The van der Waals surface area contributed by atoms with Crippen molar-refractivity contribution >= 4 is 34.0 Å². The van der Waals surface area contributed by atoms with E-state index in [4.69, 9.17) is 0 Å². The Morgan fingerprint density at radius 3 is 2.55 bits per heavy atom. The lowest BCUT2D eigenvalue weighted by atomic mass is 10.1. The molecule has 148 valence electrons. The molecule has 29 heavy (non-hydrogen) atoms. The molecule has 0 aliphatic carbocycles. The molecule has 4 rings (SSSR count). The maximum atomic E-state index is 12.5. The van der Waals surface area contributed by atoms with Gasteiger partial charge in [-0.3, -0.25) is 14.9 Å². The molecular formula is C22H22N4O2S. The fraction of sp³-hybridized carbons (Fsp3) is 0.273. The highest BCUT2D eigenvalue weighted by Crippen LogP contribution is 2.34. The number of rotatable bonds is 4. The molecule has 7 heteroatoms. The Hall–Kier alpha value is -3.06. The molecule has 2 heterocycles. The maximum absolute atomic E-state index is 12.5. The Labute approximate surface area is 173 Å². The van der Waals surface area contributed by atoms with Gasteiger partial charge in [-0.2, -0.15) is 0 Å². The van der Waals surface area contributed by atoms with Crippen LogP contribution in [0.25, 0.3) is 0 Å². The highest BCUT2D eigenvalue weighted by molar-refractivity contribution is 7.15. The van der Waals surface area contributed by atoms with Crippen LogP contribution < -0.4 is 10.2 Å². The molecule has 1 unspecified atom stereocenters. The van der Waals surface area contributed by atoms with Crippen LogP contribution in [0, 0.1) is 20.8 Å². The second-order valence-corrected chi connectivity index (χ2v) is 8.45. The zero-order valence-electron chi connectivity index (χ0n) is 16.6. The van der Waals surface area contributed by atoms with Gasteiger partial charge in [-0.25, -0.2) is 0 Å². The second kappa shape index (κ2) is 7.75. The first-order chi connectivity index (χ1) is 13.9. The van der Waals surface area contributed by atoms with E-state index in [0.717, 1.165) is 27.4 Å². The molecule has 2 amide bonds. The molecule has 1 aliphatic heterocycles. The number of nitrogens with one attached hydrogen (secondary N) is 1. The number of nitrogens with zero attached hydrogens (tertiary/aromatic N) is 3. The summed E-state index contributed by atoms with van der Waals surface area (Å²) in [4.78, 5) is 26.8. The summed E-state index contributed by atoms with van der Waals surface area (Å²) in [6.45, 7) is 6.58. The zero-order valence-corrected chi connectivity index (χ0v) is 17.4. The number of benzene rings is 2. The van der Waals surface area contributed by atoms with Gasteiger partial charge in [0.15, 0.2) is 0 Å². The number of hydrogen-bond acceptors (Lipinski definition) is 5. The third-order valence-electron chi connectivity index (χ3n) is 5.25. The van der Waals surface area contributed by atoms with E-state index in [2.05, 4.69) is 15.5 Å². The predicted molar refractivity (Wildman–Crippen MR) is 115 cm³/mol. The smallest absolute Gasteiger partial charge is 0.257 e. The van der Waals surface area contributed by atoms with Gasteiger partial charge in [-0.05, 0) is 56.2 Å². The monoisotopic (exact) mass is 406 g/mol. The van der Waals surface area contributed by atoms with E-state index in [1.54, 1.807) is 11.0 Å². The average molecular weight is 407 g/mol. The van der Waals surface area contributed by atoms with Crippen molar-refractivity contribution in [2.75, 3.05) is 16.8 Å². The van der Waals surface area contributed by atoms with Crippen LogP contribution in [0.15, 0.2) is 42.5 Å². The van der Waals surface area contributed by atoms with E-state index in [-0.39, 0.29) is 17.7 Å². The van der Waals surface area contributed by atoms with Gasteiger partial charge < -0.3 is 4.90 Å². The van der Waals surface area contributed by atoms with Crippen LogP contribution in [-0.2, 0) is 4.79 Å². The Kier molecular flexibility index (Phi) is 5.15. The molecule has 0 spiro atoms. The number of aryl methyl sites for hydroxylation is 3. The molecule has 6 nitrogen and oxygen atoms in total. The minimum Gasteiger partial charge on any atom is -0.312 e. The first kappa shape index (κ1) is 19.3. The lowest BCUT2D eigenvalue weighted by Gasteiger charge is -2.16. The number of hydrogen-bond donors (Lipinski definition) is 1. The number of anilines is 2. The predicted octanol–water partition coefficient (Wildman–Crippen LogP) is 4.24. The van der Waals surface area contributed by atoms with Gasteiger partial charge >= 0.3 is 0 Å². The fourth-order valence-electron chi connectivity index (χ4n) is 3.35. The van der Waals surface area contributed by atoms with Gasteiger partial charge in [0.25, 0.3) is 5.91 Å². The molecule has 0 radical (unpaired) electrons. The van der Waals surface area contributed by atoms with E-state index >= 15 is 0 Å². The largest absolute Gasteiger partial charge is 0.312 e. The molecule has 0 saturated carbocycles. The fourth-order valence-corrected chi connectivity index (χ4v) is 4.18. The van der Waals surface area contributed by atoms with Crippen molar-refractivity contribution in [3.8, 4) is 0 Å². The zero-order chi connectivity index (χ0) is 20.5. The highest BCUT2D eigenvalue weighted by atomic mass is 32.1. The number of aromatic nitrogens is 2. The number of carbonyl (C=O) groups is 2. The lowest BCUT2D eigenvalue weighted by molar-refractivity contribution is -0.117. The van der Waals surface area contributed by atoms with Crippen LogP contribution in [-0.4, -0.2) is 28.6 Å². The Bertz CT molecular complexity index is 1070. The first-order valence-corrected chi connectivity index (χ1v) is 10.3. The van der Waals surface area contributed by atoms with Gasteiger partial charge in [0.1, 0.15) is 5.01 Å². The quantitative estimate of drug-likeness (QED) is 0.703. The summed E-state index contributed by atoms with van der Waals surface area (Å²) in [7, 11) is 0. The van der Waals surface area contributed by atoms with Crippen LogP contribution in [0.5, 0.6) is 0 Å². The van der Waals surface area contributed by atoms with Gasteiger partial charge in [-0.15, -0.1) is 10.2 Å². The minimum absolute atomic E-state index is 0.0198. The van der Waals surface area contributed by atoms with Crippen LogP contribution in [0.3, 0.4) is 0 Å². The summed E-state index contributed by atoms with van der Waals surface area (Å²) in [5, 5.41) is 12.4. The second-order valence-electron chi connectivity index (χ2n) is 7.44. The number of amides is 2. The van der Waals surface area contributed by atoms with Gasteiger partial charge in [0.05, 0.1) is 0 Å². The summed E-state index contributed by atoms with van der Waals surface area (Å²) < 4.78 is 0. The van der Waals surface area contributed by atoms with E-state index in [0.29, 0.717) is 23.7 Å². The van der Waals surface area contributed by atoms with Gasteiger partial charge in [-0.1, -0.05) is 35.1 Å². The van der Waals surface area contributed by atoms with E-state index in [1.165, 1.54) is 11.3 Å². The molecule has 1 fully saturated rings. The SMILES string of the molecule is Cc1ccc(N2CC(c3nnc(NC(=O)c4ccc(C)c(C)c4)s3)CC2=O)cc1. The van der Waals surface area contributed by atoms with Crippen LogP contribution in [0.1, 0.15) is 44.4 Å². The molecule has 2 aromatic carbocycles. The van der Waals surface area contributed by atoms with Crippen LogP contribution in [0.2, 0.25) is 0 Å².